The van der Waals surface area contributed by atoms with Crippen LogP contribution in [0.3, 0.4) is 0 Å². The second-order valence-corrected chi connectivity index (χ2v) is 8.66. The largest absolute Gasteiger partial charge is 0.475 e. The van der Waals surface area contributed by atoms with Gasteiger partial charge < -0.3 is 15.6 Å². The lowest BCUT2D eigenvalue weighted by Crippen LogP contribution is -2.23. The molecular weight excluding hydrogens is 426 g/mol. The monoisotopic (exact) mass is 449 g/mol. The van der Waals surface area contributed by atoms with E-state index in [1.165, 1.54) is 0 Å². The van der Waals surface area contributed by atoms with Gasteiger partial charge >= 0.3 is 0 Å². The highest BCUT2D eigenvalue weighted by Gasteiger charge is 2.22. The molecule has 1 fully saturated rings. The van der Waals surface area contributed by atoms with Crippen molar-refractivity contribution in [1.82, 2.24) is 20.2 Å². The van der Waals surface area contributed by atoms with Crippen molar-refractivity contribution in [3.8, 4) is 28.4 Å². The van der Waals surface area contributed by atoms with Gasteiger partial charge in [0.1, 0.15) is 5.69 Å². The molecule has 0 saturated heterocycles. The lowest BCUT2D eigenvalue weighted by atomic mass is 9.88. The number of aromatic amines is 1. The van der Waals surface area contributed by atoms with Crippen LogP contribution in [0.4, 0.5) is 5.82 Å². The van der Waals surface area contributed by atoms with E-state index in [2.05, 4.69) is 15.2 Å². The predicted molar refractivity (Wildman–Crippen MR) is 125 cm³/mol. The molecule has 0 spiro atoms. The molecule has 0 unspecified atom stereocenters. The van der Waals surface area contributed by atoms with E-state index < -0.39 is 0 Å². The molecule has 2 aromatic carbocycles. The number of benzene rings is 2. The number of nitrogens with zero attached hydrogens (tertiary/aromatic N) is 3. The first-order valence-electron chi connectivity index (χ1n) is 10.8. The molecule has 0 bridgehead atoms. The van der Waals surface area contributed by atoms with Gasteiger partial charge in [-0.15, -0.1) is 0 Å². The average molecular weight is 450 g/mol. The van der Waals surface area contributed by atoms with Gasteiger partial charge in [-0.2, -0.15) is 5.10 Å². The lowest BCUT2D eigenvalue weighted by Gasteiger charge is -2.25. The van der Waals surface area contributed by atoms with E-state index in [0.29, 0.717) is 34.8 Å². The molecule has 1 saturated carbocycles. The van der Waals surface area contributed by atoms with Crippen molar-refractivity contribution in [2.45, 2.75) is 31.8 Å². The summed E-state index contributed by atoms with van der Waals surface area (Å²) in [5.74, 6) is 0.932. The number of nitrogens with two attached hydrogens (primary N) is 1. The number of rotatable bonds is 5. The Balaban J connectivity index is 1.55. The van der Waals surface area contributed by atoms with Gasteiger partial charge in [-0.05, 0) is 43.7 Å². The minimum Gasteiger partial charge on any atom is -0.475 e. The van der Waals surface area contributed by atoms with Crippen molar-refractivity contribution in [3.05, 3.63) is 53.7 Å². The summed E-state index contributed by atoms with van der Waals surface area (Å²) in [4.78, 5) is 9.48. The third-order valence-corrected chi connectivity index (χ3v) is 6.28. The first kappa shape index (κ1) is 20.7. The number of hydrogen-bond donors (Lipinski definition) is 3. The Kier molecular flexibility index (Phi) is 5.68. The number of aliphatic hydroxyl groups is 1. The molecule has 4 N–H and O–H groups in total. The molecular formula is C24H24ClN5O2. The Hall–Kier alpha value is -3.16. The lowest BCUT2D eigenvalue weighted by molar-refractivity contribution is 0.0910. The van der Waals surface area contributed by atoms with E-state index >= 15 is 0 Å². The van der Waals surface area contributed by atoms with Crippen molar-refractivity contribution in [1.29, 1.82) is 0 Å². The highest BCUT2D eigenvalue weighted by Crippen LogP contribution is 2.36. The van der Waals surface area contributed by atoms with Crippen LogP contribution in [-0.2, 0) is 0 Å². The number of ether oxygens (including phenoxy) is 1. The van der Waals surface area contributed by atoms with Crippen LogP contribution >= 0.6 is 11.6 Å². The Morgan fingerprint density at radius 2 is 1.78 bits per heavy atom. The van der Waals surface area contributed by atoms with Gasteiger partial charge in [-0.25, -0.2) is 9.97 Å². The molecule has 4 aromatic rings. The standard InChI is InChI=1S/C24H24ClN5O2/c25-19-11-16(10-17-12-27-30-20(17)19)22-21(15-4-2-1-3-5-15)28-23(26)24(29-22)32-13-14-6-8-18(31)9-7-14/h1-5,10-12,14,18,31H,6-9,13H2,(H2,26,28)(H,27,30). The van der Waals surface area contributed by atoms with Gasteiger partial charge in [-0.3, -0.25) is 5.10 Å². The Morgan fingerprint density at radius 3 is 2.56 bits per heavy atom. The van der Waals surface area contributed by atoms with Gasteiger partial charge in [0.05, 0.1) is 35.1 Å². The molecule has 0 radical (unpaired) electrons. The van der Waals surface area contributed by atoms with E-state index in [0.717, 1.165) is 47.7 Å². The molecule has 0 atom stereocenters. The molecule has 164 valence electrons. The van der Waals surface area contributed by atoms with Crippen LogP contribution in [0.5, 0.6) is 5.88 Å². The van der Waals surface area contributed by atoms with Crippen LogP contribution in [-0.4, -0.2) is 38.0 Å². The van der Waals surface area contributed by atoms with Crippen molar-refractivity contribution >= 4 is 28.3 Å². The number of halogens is 1. The summed E-state index contributed by atoms with van der Waals surface area (Å²) < 4.78 is 6.04. The summed E-state index contributed by atoms with van der Waals surface area (Å²) in [6, 6.07) is 13.6. The smallest absolute Gasteiger partial charge is 0.257 e. The molecule has 2 aromatic heterocycles. The third kappa shape index (κ3) is 4.13. The average Bonchev–Trinajstić information content (AvgIpc) is 3.29. The summed E-state index contributed by atoms with van der Waals surface area (Å²) >= 11 is 6.50. The number of anilines is 1. The maximum atomic E-state index is 9.74. The zero-order valence-electron chi connectivity index (χ0n) is 17.5. The Morgan fingerprint density at radius 1 is 1.03 bits per heavy atom. The number of fused-ring (bicyclic) bond motifs is 1. The van der Waals surface area contributed by atoms with Crippen LogP contribution in [0.1, 0.15) is 25.7 Å². The van der Waals surface area contributed by atoms with E-state index in [9.17, 15) is 5.11 Å². The first-order chi connectivity index (χ1) is 15.6. The predicted octanol–water partition coefficient (Wildman–Crippen LogP) is 4.85. The van der Waals surface area contributed by atoms with Crippen molar-refractivity contribution in [2.24, 2.45) is 5.92 Å². The quantitative estimate of drug-likeness (QED) is 0.401. The highest BCUT2D eigenvalue weighted by atomic mass is 35.5. The fraction of sp³-hybridized carbons (Fsp3) is 0.292. The maximum absolute atomic E-state index is 9.74. The zero-order chi connectivity index (χ0) is 22.1. The van der Waals surface area contributed by atoms with Crippen LogP contribution < -0.4 is 10.5 Å². The van der Waals surface area contributed by atoms with E-state index in [4.69, 9.17) is 27.1 Å². The molecule has 8 heteroatoms. The SMILES string of the molecule is Nc1nc(-c2ccccc2)c(-c2cc(Cl)c3[nH]ncc3c2)nc1OCC1CCC(O)CC1. The first-order valence-corrected chi connectivity index (χ1v) is 11.1. The summed E-state index contributed by atoms with van der Waals surface area (Å²) in [7, 11) is 0. The van der Waals surface area contributed by atoms with Crippen molar-refractivity contribution < 1.29 is 9.84 Å². The molecule has 1 aliphatic carbocycles. The number of aromatic nitrogens is 4. The summed E-state index contributed by atoms with van der Waals surface area (Å²) in [6.07, 6.45) is 4.99. The van der Waals surface area contributed by atoms with Crippen LogP contribution in [0.15, 0.2) is 48.7 Å². The number of nitrogen functional groups attached to an aromatic ring is 1. The Bertz CT molecular complexity index is 1240. The van der Waals surface area contributed by atoms with E-state index in [-0.39, 0.29) is 11.9 Å². The van der Waals surface area contributed by atoms with Crippen LogP contribution in [0.25, 0.3) is 33.4 Å². The third-order valence-electron chi connectivity index (χ3n) is 5.98. The second-order valence-electron chi connectivity index (χ2n) is 8.26. The molecule has 5 rings (SSSR count). The second kappa shape index (κ2) is 8.76. The molecule has 0 aliphatic heterocycles. The number of H-pyrrole nitrogens is 1. The van der Waals surface area contributed by atoms with Crippen LogP contribution in [0, 0.1) is 5.92 Å². The van der Waals surface area contributed by atoms with Gasteiger partial charge in [0.2, 0.25) is 0 Å². The molecule has 7 nitrogen and oxygen atoms in total. The minimum absolute atomic E-state index is 0.199. The Labute approximate surface area is 190 Å². The maximum Gasteiger partial charge on any atom is 0.257 e. The van der Waals surface area contributed by atoms with Gasteiger partial charge in [-0.1, -0.05) is 41.9 Å². The fourth-order valence-electron chi connectivity index (χ4n) is 4.20. The zero-order valence-corrected chi connectivity index (χ0v) is 18.2. The van der Waals surface area contributed by atoms with Crippen molar-refractivity contribution in [3.63, 3.8) is 0 Å². The highest BCUT2D eigenvalue weighted by molar-refractivity contribution is 6.35. The van der Waals surface area contributed by atoms with Crippen LogP contribution in [0.2, 0.25) is 5.02 Å². The molecule has 32 heavy (non-hydrogen) atoms. The normalized spacial score (nSPS) is 18.7. The molecule has 0 amide bonds. The van der Waals surface area contributed by atoms with Gasteiger partial charge in [0, 0.05) is 16.5 Å². The topological polar surface area (TPSA) is 110 Å². The summed E-state index contributed by atoms with van der Waals surface area (Å²) in [6.45, 7) is 0.497. The van der Waals surface area contributed by atoms with Crippen molar-refractivity contribution in [2.75, 3.05) is 12.3 Å². The number of hydrogen-bond acceptors (Lipinski definition) is 6. The van der Waals surface area contributed by atoms with Gasteiger partial charge in [0.15, 0.2) is 5.82 Å². The van der Waals surface area contributed by atoms with E-state index in [1.807, 2.05) is 42.5 Å². The van der Waals surface area contributed by atoms with E-state index in [1.54, 1.807) is 6.20 Å². The summed E-state index contributed by atoms with van der Waals surface area (Å²) in [5.41, 5.74) is 10.1. The summed E-state index contributed by atoms with van der Waals surface area (Å²) in [5, 5.41) is 18.2. The number of nitrogens with one attached hydrogen (secondary N) is 1. The molecule has 2 heterocycles. The van der Waals surface area contributed by atoms with Gasteiger partial charge in [0.25, 0.3) is 5.88 Å². The minimum atomic E-state index is -0.199. The number of aliphatic hydroxyl groups excluding tert-OH is 1. The molecule has 1 aliphatic rings. The fourth-order valence-corrected chi connectivity index (χ4v) is 4.47.